The molecule has 0 aromatic rings. The third kappa shape index (κ3) is 3.18. The van der Waals surface area contributed by atoms with Crippen molar-refractivity contribution in [3.05, 3.63) is 12.2 Å². The largest absolute Gasteiger partial charge is 0.478 e. The van der Waals surface area contributed by atoms with Crippen LogP contribution in [0.15, 0.2) is 12.2 Å². The Bertz CT molecular complexity index is 151. The van der Waals surface area contributed by atoms with E-state index in [2.05, 4.69) is 6.58 Å². The maximum atomic E-state index is 10.4. The molecule has 0 aromatic heterocycles. The molecule has 3 nitrogen and oxygen atoms in total. The number of carboxylic acids is 1. The maximum Gasteiger partial charge on any atom is 0.333 e. The van der Waals surface area contributed by atoms with Gasteiger partial charge in [-0.3, -0.25) is 0 Å². The fourth-order valence-electron chi connectivity index (χ4n) is 0.804. The zero-order chi connectivity index (χ0) is 8.85. The molecule has 1 atom stereocenters. The van der Waals surface area contributed by atoms with Crippen molar-refractivity contribution < 1.29 is 14.6 Å². The topological polar surface area (TPSA) is 46.5 Å². The molecule has 1 unspecified atom stereocenters. The highest BCUT2D eigenvalue weighted by Crippen LogP contribution is 2.08. The van der Waals surface area contributed by atoms with Gasteiger partial charge in [-0.2, -0.15) is 0 Å². The van der Waals surface area contributed by atoms with E-state index in [-0.39, 0.29) is 11.7 Å². The zero-order valence-corrected chi connectivity index (χ0v) is 6.96. The van der Waals surface area contributed by atoms with E-state index < -0.39 is 5.97 Å². The first-order valence-corrected chi connectivity index (χ1v) is 3.67. The van der Waals surface area contributed by atoms with E-state index in [4.69, 9.17) is 9.84 Å². The first-order valence-electron chi connectivity index (χ1n) is 3.67. The summed E-state index contributed by atoms with van der Waals surface area (Å²) in [5, 5.41) is 8.53. The molecule has 3 heteroatoms. The van der Waals surface area contributed by atoms with Crippen LogP contribution in [-0.2, 0) is 9.53 Å². The molecule has 0 aromatic carbocycles. The summed E-state index contributed by atoms with van der Waals surface area (Å²) in [5.74, 6) is -0.981. The standard InChI is InChI=1S/C8H14O3/c1-4-7(11-5-2)6(3)8(9)10/h7H,3-5H2,1-2H3,(H,9,10). The van der Waals surface area contributed by atoms with Crippen LogP contribution in [0.2, 0.25) is 0 Å². The summed E-state index contributed by atoms with van der Waals surface area (Å²) >= 11 is 0. The lowest BCUT2D eigenvalue weighted by Gasteiger charge is -2.13. The number of hydrogen-bond donors (Lipinski definition) is 1. The van der Waals surface area contributed by atoms with Gasteiger partial charge < -0.3 is 9.84 Å². The molecule has 0 bridgehead atoms. The first kappa shape index (κ1) is 10.2. The number of hydrogen-bond acceptors (Lipinski definition) is 2. The monoisotopic (exact) mass is 158 g/mol. The molecule has 0 rings (SSSR count). The van der Waals surface area contributed by atoms with Gasteiger partial charge in [0.2, 0.25) is 0 Å². The number of ether oxygens (including phenoxy) is 1. The fraction of sp³-hybridized carbons (Fsp3) is 0.625. The summed E-state index contributed by atoms with van der Waals surface area (Å²) in [6, 6.07) is 0. The minimum Gasteiger partial charge on any atom is -0.478 e. The van der Waals surface area contributed by atoms with Crippen molar-refractivity contribution in [2.45, 2.75) is 26.4 Å². The lowest BCUT2D eigenvalue weighted by molar-refractivity contribution is -0.134. The molecular formula is C8H14O3. The van der Waals surface area contributed by atoms with Crippen molar-refractivity contribution >= 4 is 5.97 Å². The number of rotatable bonds is 5. The van der Waals surface area contributed by atoms with E-state index in [1.54, 1.807) is 0 Å². The smallest absolute Gasteiger partial charge is 0.333 e. The molecule has 0 aliphatic heterocycles. The zero-order valence-electron chi connectivity index (χ0n) is 6.96. The average molecular weight is 158 g/mol. The van der Waals surface area contributed by atoms with Gasteiger partial charge in [0.1, 0.15) is 0 Å². The second-order valence-electron chi connectivity index (χ2n) is 2.18. The van der Waals surface area contributed by atoms with Crippen LogP contribution in [-0.4, -0.2) is 23.8 Å². The van der Waals surface area contributed by atoms with E-state index in [1.165, 1.54) is 0 Å². The summed E-state index contributed by atoms with van der Waals surface area (Å²) in [6.07, 6.45) is 0.316. The van der Waals surface area contributed by atoms with Crippen LogP contribution in [0.3, 0.4) is 0 Å². The molecule has 0 saturated carbocycles. The first-order chi connectivity index (χ1) is 5.13. The minimum absolute atomic E-state index is 0.134. The van der Waals surface area contributed by atoms with Gasteiger partial charge in [0, 0.05) is 6.61 Å². The average Bonchev–Trinajstić information content (AvgIpc) is 1.98. The SMILES string of the molecule is C=C(C(=O)O)C(CC)OCC. The summed E-state index contributed by atoms with van der Waals surface area (Å²) in [7, 11) is 0. The molecular weight excluding hydrogens is 144 g/mol. The van der Waals surface area contributed by atoms with Crippen LogP contribution in [0.5, 0.6) is 0 Å². The Morgan fingerprint density at radius 1 is 1.64 bits per heavy atom. The lowest BCUT2D eigenvalue weighted by Crippen LogP contribution is -2.19. The molecule has 0 aliphatic carbocycles. The third-order valence-electron chi connectivity index (χ3n) is 1.40. The maximum absolute atomic E-state index is 10.4. The van der Waals surface area contributed by atoms with Crippen molar-refractivity contribution in [1.29, 1.82) is 0 Å². The molecule has 0 fully saturated rings. The summed E-state index contributed by atoms with van der Waals surface area (Å²) in [6.45, 7) is 7.64. The quantitative estimate of drug-likeness (QED) is 0.616. The molecule has 64 valence electrons. The van der Waals surface area contributed by atoms with Gasteiger partial charge in [-0.15, -0.1) is 0 Å². The van der Waals surface area contributed by atoms with Gasteiger partial charge in [0.05, 0.1) is 11.7 Å². The fourth-order valence-corrected chi connectivity index (χ4v) is 0.804. The summed E-state index contributed by atoms with van der Waals surface area (Å²) < 4.78 is 5.13. The van der Waals surface area contributed by atoms with Crippen molar-refractivity contribution in [2.75, 3.05) is 6.61 Å². The second kappa shape index (κ2) is 4.91. The van der Waals surface area contributed by atoms with Gasteiger partial charge in [-0.05, 0) is 13.3 Å². The Morgan fingerprint density at radius 3 is 2.45 bits per heavy atom. The molecule has 0 saturated heterocycles. The van der Waals surface area contributed by atoms with E-state index in [1.807, 2.05) is 13.8 Å². The Balaban J connectivity index is 4.02. The highest BCUT2D eigenvalue weighted by atomic mass is 16.5. The lowest BCUT2D eigenvalue weighted by atomic mass is 10.1. The number of aliphatic carboxylic acids is 1. The van der Waals surface area contributed by atoms with Crippen LogP contribution in [0.25, 0.3) is 0 Å². The summed E-state index contributed by atoms with van der Waals surface area (Å²) in [5.41, 5.74) is 0.134. The van der Waals surface area contributed by atoms with Crippen molar-refractivity contribution in [1.82, 2.24) is 0 Å². The van der Waals surface area contributed by atoms with Gasteiger partial charge in [0.25, 0.3) is 0 Å². The van der Waals surface area contributed by atoms with Crippen LogP contribution >= 0.6 is 0 Å². The van der Waals surface area contributed by atoms with Crippen LogP contribution < -0.4 is 0 Å². The molecule has 11 heavy (non-hydrogen) atoms. The number of carbonyl (C=O) groups is 1. The minimum atomic E-state index is -0.981. The second-order valence-corrected chi connectivity index (χ2v) is 2.18. The van der Waals surface area contributed by atoms with Gasteiger partial charge in [0.15, 0.2) is 0 Å². The van der Waals surface area contributed by atoms with Crippen LogP contribution in [0.1, 0.15) is 20.3 Å². The Kier molecular flexibility index (Phi) is 4.54. The Labute approximate surface area is 66.7 Å². The van der Waals surface area contributed by atoms with Crippen molar-refractivity contribution in [2.24, 2.45) is 0 Å². The highest BCUT2D eigenvalue weighted by Gasteiger charge is 2.15. The molecule has 0 radical (unpaired) electrons. The number of carboxylic acid groups (broad SMARTS) is 1. The normalized spacial score (nSPS) is 12.5. The molecule has 0 spiro atoms. The van der Waals surface area contributed by atoms with E-state index in [0.29, 0.717) is 13.0 Å². The molecule has 1 N–H and O–H groups in total. The van der Waals surface area contributed by atoms with E-state index in [0.717, 1.165) is 0 Å². The molecule has 0 aliphatic rings. The van der Waals surface area contributed by atoms with E-state index >= 15 is 0 Å². The van der Waals surface area contributed by atoms with Gasteiger partial charge >= 0.3 is 5.97 Å². The Hall–Kier alpha value is -0.830. The Morgan fingerprint density at radius 2 is 2.18 bits per heavy atom. The van der Waals surface area contributed by atoms with E-state index in [9.17, 15) is 4.79 Å². The third-order valence-corrected chi connectivity index (χ3v) is 1.40. The van der Waals surface area contributed by atoms with Crippen LogP contribution in [0, 0.1) is 0 Å². The van der Waals surface area contributed by atoms with Crippen molar-refractivity contribution in [3.8, 4) is 0 Å². The van der Waals surface area contributed by atoms with Gasteiger partial charge in [-0.1, -0.05) is 13.5 Å². The summed E-state index contributed by atoms with van der Waals surface area (Å²) in [4.78, 5) is 10.4. The predicted molar refractivity (Wildman–Crippen MR) is 42.5 cm³/mol. The highest BCUT2D eigenvalue weighted by molar-refractivity contribution is 5.86. The van der Waals surface area contributed by atoms with Crippen molar-refractivity contribution in [3.63, 3.8) is 0 Å². The van der Waals surface area contributed by atoms with Crippen LogP contribution in [0.4, 0.5) is 0 Å². The predicted octanol–water partition coefficient (Wildman–Crippen LogP) is 1.44. The molecule has 0 amide bonds. The molecule has 0 heterocycles. The van der Waals surface area contributed by atoms with Gasteiger partial charge in [-0.25, -0.2) is 4.79 Å².